The molecule has 0 aliphatic carbocycles. The lowest BCUT2D eigenvalue weighted by atomic mass is 10.1. The van der Waals surface area contributed by atoms with Gasteiger partial charge in [0.25, 0.3) is 0 Å². The fourth-order valence-electron chi connectivity index (χ4n) is 2.36. The van der Waals surface area contributed by atoms with Crippen LogP contribution in [0.5, 0.6) is 0 Å². The van der Waals surface area contributed by atoms with E-state index in [9.17, 15) is 4.79 Å². The highest BCUT2D eigenvalue weighted by Crippen LogP contribution is 2.42. The first-order chi connectivity index (χ1) is 9.49. The molecule has 0 bridgehead atoms. The van der Waals surface area contributed by atoms with E-state index in [1.165, 1.54) is 11.1 Å². The van der Waals surface area contributed by atoms with Gasteiger partial charge in [0.15, 0.2) is 0 Å². The van der Waals surface area contributed by atoms with Gasteiger partial charge in [-0.2, -0.15) is 0 Å². The molecule has 1 N–H and O–H groups in total. The third-order valence-corrected chi connectivity index (χ3v) is 4.91. The Morgan fingerprint density at radius 2 is 1.95 bits per heavy atom. The van der Waals surface area contributed by atoms with E-state index in [-0.39, 0.29) is 16.5 Å². The van der Waals surface area contributed by atoms with Crippen LogP contribution in [0, 0.1) is 6.92 Å². The SMILES string of the molecule is Cc1ccc([C@@H]2S[C@H](C)C(=O)N2CCNC(C)C)cc1. The van der Waals surface area contributed by atoms with Gasteiger partial charge in [-0.15, -0.1) is 11.8 Å². The van der Waals surface area contributed by atoms with Crippen molar-refractivity contribution in [3.05, 3.63) is 35.4 Å². The minimum absolute atomic E-state index is 0.0559. The third-order valence-electron chi connectivity index (χ3n) is 3.51. The molecule has 2 atom stereocenters. The number of rotatable bonds is 5. The van der Waals surface area contributed by atoms with Crippen LogP contribution in [0.2, 0.25) is 0 Å². The molecule has 3 nitrogen and oxygen atoms in total. The molecule has 1 aromatic carbocycles. The Balaban J connectivity index is 2.09. The van der Waals surface area contributed by atoms with Crippen molar-refractivity contribution in [2.75, 3.05) is 13.1 Å². The molecule has 110 valence electrons. The number of nitrogens with one attached hydrogen (secondary N) is 1. The van der Waals surface area contributed by atoms with Gasteiger partial charge in [0, 0.05) is 19.1 Å². The van der Waals surface area contributed by atoms with Crippen molar-refractivity contribution in [2.45, 2.75) is 44.4 Å². The summed E-state index contributed by atoms with van der Waals surface area (Å²) in [7, 11) is 0. The van der Waals surface area contributed by atoms with E-state index in [4.69, 9.17) is 0 Å². The van der Waals surface area contributed by atoms with Crippen LogP contribution in [0.3, 0.4) is 0 Å². The standard InChI is InChI=1S/C16H24N2OS/c1-11(2)17-9-10-18-15(19)13(4)20-16(18)14-7-5-12(3)6-8-14/h5-8,11,13,16-17H,9-10H2,1-4H3/t13-,16+/m1/s1. The average molecular weight is 292 g/mol. The summed E-state index contributed by atoms with van der Waals surface area (Å²) in [5, 5.41) is 3.60. The number of hydrogen-bond donors (Lipinski definition) is 1. The summed E-state index contributed by atoms with van der Waals surface area (Å²) < 4.78 is 0. The molecule has 0 unspecified atom stereocenters. The Kier molecular flexibility index (Phi) is 5.11. The molecule has 1 aliphatic heterocycles. The van der Waals surface area contributed by atoms with Gasteiger partial charge in [-0.05, 0) is 19.4 Å². The predicted octanol–water partition coefficient (Wildman–Crippen LogP) is 2.96. The van der Waals surface area contributed by atoms with Crippen molar-refractivity contribution in [1.82, 2.24) is 10.2 Å². The number of carbonyl (C=O) groups is 1. The van der Waals surface area contributed by atoms with Crippen LogP contribution in [0.1, 0.15) is 37.3 Å². The molecule has 1 aromatic rings. The van der Waals surface area contributed by atoms with E-state index in [1.54, 1.807) is 11.8 Å². The van der Waals surface area contributed by atoms with Crippen molar-refractivity contribution in [3.63, 3.8) is 0 Å². The van der Waals surface area contributed by atoms with Gasteiger partial charge in [0.05, 0.1) is 5.25 Å². The van der Waals surface area contributed by atoms with Gasteiger partial charge in [-0.1, -0.05) is 43.7 Å². The van der Waals surface area contributed by atoms with Crippen molar-refractivity contribution >= 4 is 17.7 Å². The Hall–Kier alpha value is -1.00. The highest BCUT2D eigenvalue weighted by molar-refractivity contribution is 8.01. The number of aryl methyl sites for hydroxylation is 1. The van der Waals surface area contributed by atoms with Crippen molar-refractivity contribution < 1.29 is 4.79 Å². The fraction of sp³-hybridized carbons (Fsp3) is 0.562. The van der Waals surface area contributed by atoms with E-state index in [0.717, 1.165) is 13.1 Å². The zero-order valence-electron chi connectivity index (χ0n) is 12.7. The van der Waals surface area contributed by atoms with E-state index in [1.807, 2.05) is 11.8 Å². The lowest BCUT2D eigenvalue weighted by molar-refractivity contribution is -0.129. The van der Waals surface area contributed by atoms with Gasteiger partial charge >= 0.3 is 0 Å². The van der Waals surface area contributed by atoms with Gasteiger partial charge in [0.1, 0.15) is 5.37 Å². The Morgan fingerprint density at radius 1 is 1.30 bits per heavy atom. The third kappa shape index (κ3) is 3.55. The van der Waals surface area contributed by atoms with Crippen LogP contribution in [0.25, 0.3) is 0 Å². The summed E-state index contributed by atoms with van der Waals surface area (Å²) in [6.07, 6.45) is 0. The van der Waals surface area contributed by atoms with Gasteiger partial charge < -0.3 is 10.2 Å². The average Bonchev–Trinajstić information content (AvgIpc) is 2.67. The second kappa shape index (κ2) is 6.64. The molecule has 20 heavy (non-hydrogen) atoms. The van der Waals surface area contributed by atoms with E-state index in [2.05, 4.69) is 50.4 Å². The first-order valence-corrected chi connectivity index (χ1v) is 8.19. The van der Waals surface area contributed by atoms with Gasteiger partial charge in [-0.3, -0.25) is 4.79 Å². The van der Waals surface area contributed by atoms with Crippen LogP contribution >= 0.6 is 11.8 Å². The molecular weight excluding hydrogens is 268 g/mol. The lowest BCUT2D eigenvalue weighted by Gasteiger charge is -2.25. The smallest absolute Gasteiger partial charge is 0.236 e. The summed E-state index contributed by atoms with van der Waals surface area (Å²) in [4.78, 5) is 14.3. The number of thioether (sulfide) groups is 1. The monoisotopic (exact) mass is 292 g/mol. The van der Waals surface area contributed by atoms with Crippen LogP contribution in [-0.2, 0) is 4.79 Å². The second-order valence-electron chi connectivity index (χ2n) is 5.68. The van der Waals surface area contributed by atoms with Crippen LogP contribution in [0.4, 0.5) is 0 Å². The maximum Gasteiger partial charge on any atom is 0.236 e. The second-order valence-corrected chi connectivity index (χ2v) is 7.11. The highest BCUT2D eigenvalue weighted by atomic mass is 32.2. The van der Waals surface area contributed by atoms with E-state index in [0.29, 0.717) is 6.04 Å². The quantitative estimate of drug-likeness (QED) is 0.905. The first kappa shape index (κ1) is 15.4. The fourth-order valence-corrected chi connectivity index (χ4v) is 3.67. The molecule has 1 amide bonds. The lowest BCUT2D eigenvalue weighted by Crippen LogP contribution is -2.38. The predicted molar refractivity (Wildman–Crippen MR) is 85.8 cm³/mol. The minimum Gasteiger partial charge on any atom is -0.324 e. The number of amides is 1. The molecule has 1 heterocycles. The molecule has 0 radical (unpaired) electrons. The van der Waals surface area contributed by atoms with E-state index >= 15 is 0 Å². The van der Waals surface area contributed by atoms with Crippen LogP contribution < -0.4 is 5.32 Å². The first-order valence-electron chi connectivity index (χ1n) is 7.25. The Morgan fingerprint density at radius 3 is 2.55 bits per heavy atom. The highest BCUT2D eigenvalue weighted by Gasteiger charge is 2.37. The number of benzene rings is 1. The van der Waals surface area contributed by atoms with Crippen molar-refractivity contribution in [2.24, 2.45) is 0 Å². The molecule has 0 aromatic heterocycles. The zero-order valence-corrected chi connectivity index (χ0v) is 13.5. The van der Waals surface area contributed by atoms with Crippen LogP contribution in [-0.4, -0.2) is 35.2 Å². The normalized spacial score (nSPS) is 22.9. The molecule has 1 aliphatic rings. The number of nitrogens with zero attached hydrogens (tertiary/aromatic N) is 1. The van der Waals surface area contributed by atoms with Gasteiger partial charge in [0.2, 0.25) is 5.91 Å². The minimum atomic E-state index is 0.0559. The Labute approximate surface area is 126 Å². The van der Waals surface area contributed by atoms with Crippen molar-refractivity contribution in [1.29, 1.82) is 0 Å². The zero-order chi connectivity index (χ0) is 14.7. The summed E-state index contributed by atoms with van der Waals surface area (Å²) in [6.45, 7) is 9.96. The Bertz CT molecular complexity index is 458. The summed E-state index contributed by atoms with van der Waals surface area (Å²) in [6, 6.07) is 8.97. The largest absolute Gasteiger partial charge is 0.324 e. The number of carbonyl (C=O) groups excluding carboxylic acids is 1. The number of hydrogen-bond acceptors (Lipinski definition) is 3. The molecule has 4 heteroatoms. The van der Waals surface area contributed by atoms with Crippen molar-refractivity contribution in [3.8, 4) is 0 Å². The molecule has 0 saturated carbocycles. The summed E-state index contributed by atoms with van der Waals surface area (Å²) in [5.74, 6) is 0.256. The maximum absolute atomic E-state index is 12.3. The maximum atomic E-state index is 12.3. The van der Waals surface area contributed by atoms with Gasteiger partial charge in [-0.25, -0.2) is 0 Å². The molecular formula is C16H24N2OS. The molecule has 2 rings (SSSR count). The van der Waals surface area contributed by atoms with E-state index < -0.39 is 0 Å². The molecule has 1 fully saturated rings. The molecule has 1 saturated heterocycles. The summed E-state index contributed by atoms with van der Waals surface area (Å²) in [5.41, 5.74) is 2.48. The topological polar surface area (TPSA) is 32.3 Å². The van der Waals surface area contributed by atoms with Crippen LogP contribution in [0.15, 0.2) is 24.3 Å². The molecule has 0 spiro atoms. The summed E-state index contributed by atoms with van der Waals surface area (Å²) >= 11 is 1.75.